The molecule has 0 spiro atoms. The summed E-state index contributed by atoms with van der Waals surface area (Å²) in [7, 11) is 0. The molecule has 0 aromatic carbocycles. The van der Waals surface area contributed by atoms with Crippen molar-refractivity contribution < 1.29 is 20.1 Å². The maximum Gasteiger partial charge on any atom is 0.327 e. The second-order valence-electron chi connectivity index (χ2n) is 2.76. The molecule has 3 N–H and O–H groups in total. The molecule has 0 radical (unpaired) electrons. The van der Waals surface area contributed by atoms with E-state index in [-0.39, 0.29) is 23.9 Å². The molecule has 0 heterocycles. The van der Waals surface area contributed by atoms with Crippen LogP contribution in [0.1, 0.15) is 6.42 Å². The summed E-state index contributed by atoms with van der Waals surface area (Å²) in [6.45, 7) is 0. The van der Waals surface area contributed by atoms with Crippen LogP contribution in [0.2, 0.25) is 0 Å². The Bertz CT molecular complexity index is 297. The van der Waals surface area contributed by atoms with E-state index in [1.807, 2.05) is 0 Å². The number of allylic oxidation sites excluding steroid dienone is 4. The van der Waals surface area contributed by atoms with Crippen molar-refractivity contribution in [2.24, 2.45) is 5.92 Å². The third-order valence-electron chi connectivity index (χ3n) is 1.71. The predicted octanol–water partition coefficient (Wildman–Crippen LogP) is 1.53. The molecule has 4 heteroatoms. The van der Waals surface area contributed by atoms with Gasteiger partial charge in [-0.2, -0.15) is 0 Å². The molecule has 0 fully saturated rings. The Hall–Kier alpha value is -1.71. The van der Waals surface area contributed by atoms with Crippen LogP contribution in [-0.4, -0.2) is 21.3 Å². The number of aliphatic hydroxyl groups excluding tert-OH is 2. The van der Waals surface area contributed by atoms with Gasteiger partial charge in [0.2, 0.25) is 0 Å². The van der Waals surface area contributed by atoms with Gasteiger partial charge in [-0.25, -0.2) is 4.79 Å². The minimum atomic E-state index is -1.02. The van der Waals surface area contributed by atoms with E-state index in [1.165, 1.54) is 12.2 Å². The minimum absolute atomic E-state index is 0.109. The van der Waals surface area contributed by atoms with E-state index >= 15 is 0 Å². The molecule has 1 rings (SSSR count). The molecule has 0 aromatic rings. The van der Waals surface area contributed by atoms with Gasteiger partial charge in [-0.3, -0.25) is 0 Å². The molecule has 13 heavy (non-hydrogen) atoms. The fraction of sp³-hybridized carbons (Fsp3) is 0.222. The Kier molecular flexibility index (Phi) is 2.74. The first kappa shape index (κ1) is 9.38. The van der Waals surface area contributed by atoms with Crippen LogP contribution in [0.5, 0.6) is 0 Å². The predicted molar refractivity (Wildman–Crippen MR) is 46.3 cm³/mol. The van der Waals surface area contributed by atoms with E-state index in [9.17, 15) is 4.79 Å². The van der Waals surface area contributed by atoms with Crippen LogP contribution in [0.15, 0.2) is 35.8 Å². The molecule has 0 saturated heterocycles. The van der Waals surface area contributed by atoms with Gasteiger partial charge in [0.1, 0.15) is 5.76 Å². The zero-order valence-corrected chi connectivity index (χ0v) is 6.84. The van der Waals surface area contributed by atoms with Gasteiger partial charge < -0.3 is 15.3 Å². The number of aliphatic hydroxyl groups is 2. The molecule has 0 bridgehead atoms. The van der Waals surface area contributed by atoms with Crippen molar-refractivity contribution in [1.82, 2.24) is 0 Å². The van der Waals surface area contributed by atoms with Gasteiger partial charge in [-0.15, -0.1) is 0 Å². The molecule has 0 amide bonds. The third-order valence-corrected chi connectivity index (χ3v) is 1.71. The average molecular weight is 182 g/mol. The molecule has 1 aliphatic rings. The zero-order valence-electron chi connectivity index (χ0n) is 6.84. The standard InChI is InChI=1S/C9H10O4/c10-7-3-1-6(5-8(7)11)2-4-9(12)13/h1-4,6,10-11H,5H2,(H,12,13)/b4-2+/t6-/m1/s1. The maximum atomic E-state index is 10.2. The molecule has 0 saturated carbocycles. The van der Waals surface area contributed by atoms with Crippen molar-refractivity contribution >= 4 is 5.97 Å². The van der Waals surface area contributed by atoms with Crippen LogP contribution in [0.25, 0.3) is 0 Å². The lowest BCUT2D eigenvalue weighted by Gasteiger charge is -2.12. The van der Waals surface area contributed by atoms with Crippen LogP contribution in [-0.2, 0) is 4.79 Å². The van der Waals surface area contributed by atoms with Crippen molar-refractivity contribution in [2.45, 2.75) is 6.42 Å². The summed E-state index contributed by atoms with van der Waals surface area (Å²) >= 11 is 0. The van der Waals surface area contributed by atoms with E-state index in [4.69, 9.17) is 15.3 Å². The monoisotopic (exact) mass is 182 g/mol. The highest BCUT2D eigenvalue weighted by Crippen LogP contribution is 2.21. The molecule has 0 aromatic heterocycles. The summed E-state index contributed by atoms with van der Waals surface area (Å²) in [6.07, 6.45) is 5.71. The van der Waals surface area contributed by atoms with Gasteiger partial charge in [-0.05, 0) is 6.08 Å². The van der Waals surface area contributed by atoms with Gasteiger partial charge >= 0.3 is 5.97 Å². The van der Waals surface area contributed by atoms with Crippen LogP contribution in [0.3, 0.4) is 0 Å². The Morgan fingerprint density at radius 2 is 2.23 bits per heavy atom. The summed E-state index contributed by atoms with van der Waals surface area (Å²) in [5.74, 6) is -1.44. The topological polar surface area (TPSA) is 77.8 Å². The van der Waals surface area contributed by atoms with E-state index in [0.29, 0.717) is 0 Å². The van der Waals surface area contributed by atoms with Crippen LogP contribution < -0.4 is 0 Å². The zero-order chi connectivity index (χ0) is 9.84. The highest BCUT2D eigenvalue weighted by atomic mass is 16.4. The highest BCUT2D eigenvalue weighted by Gasteiger charge is 2.12. The first-order chi connectivity index (χ1) is 6.09. The van der Waals surface area contributed by atoms with Crippen molar-refractivity contribution in [3.63, 3.8) is 0 Å². The molecular weight excluding hydrogens is 172 g/mol. The summed E-state index contributed by atoms with van der Waals surface area (Å²) in [6, 6.07) is 0. The Labute approximate surface area is 75.1 Å². The lowest BCUT2D eigenvalue weighted by molar-refractivity contribution is -0.131. The molecule has 4 nitrogen and oxygen atoms in total. The van der Waals surface area contributed by atoms with Crippen molar-refractivity contribution in [1.29, 1.82) is 0 Å². The Morgan fingerprint density at radius 1 is 1.54 bits per heavy atom. The van der Waals surface area contributed by atoms with Crippen LogP contribution in [0.4, 0.5) is 0 Å². The number of hydrogen-bond donors (Lipinski definition) is 3. The second-order valence-corrected chi connectivity index (χ2v) is 2.76. The van der Waals surface area contributed by atoms with Crippen LogP contribution >= 0.6 is 0 Å². The minimum Gasteiger partial charge on any atom is -0.508 e. The van der Waals surface area contributed by atoms with E-state index < -0.39 is 5.97 Å². The second kappa shape index (κ2) is 3.80. The summed E-state index contributed by atoms with van der Waals surface area (Å²) in [5, 5.41) is 26.4. The smallest absolute Gasteiger partial charge is 0.327 e. The summed E-state index contributed by atoms with van der Waals surface area (Å²) in [5.41, 5.74) is 0. The van der Waals surface area contributed by atoms with Gasteiger partial charge in [-0.1, -0.05) is 12.2 Å². The normalized spacial score (nSPS) is 22.6. The Morgan fingerprint density at radius 3 is 2.77 bits per heavy atom. The average Bonchev–Trinajstić information content (AvgIpc) is 2.07. The Balaban J connectivity index is 2.61. The van der Waals surface area contributed by atoms with E-state index in [2.05, 4.69) is 0 Å². The molecule has 1 aliphatic carbocycles. The van der Waals surface area contributed by atoms with E-state index in [0.717, 1.165) is 6.08 Å². The number of carboxylic acid groups (broad SMARTS) is 1. The van der Waals surface area contributed by atoms with Gasteiger partial charge in [0.25, 0.3) is 0 Å². The lowest BCUT2D eigenvalue weighted by atomic mass is 9.98. The number of rotatable bonds is 2. The van der Waals surface area contributed by atoms with Crippen molar-refractivity contribution in [3.8, 4) is 0 Å². The first-order valence-electron chi connectivity index (χ1n) is 3.80. The quantitative estimate of drug-likeness (QED) is 0.566. The number of aliphatic carboxylic acids is 1. The SMILES string of the molecule is O=C(O)/C=C/[C@H]1C=CC(O)=C(O)C1. The van der Waals surface area contributed by atoms with E-state index in [1.54, 1.807) is 6.08 Å². The van der Waals surface area contributed by atoms with Gasteiger partial charge in [0, 0.05) is 18.4 Å². The van der Waals surface area contributed by atoms with Crippen molar-refractivity contribution in [3.05, 3.63) is 35.8 Å². The maximum absolute atomic E-state index is 10.2. The lowest BCUT2D eigenvalue weighted by Crippen LogP contribution is -2.03. The van der Waals surface area contributed by atoms with Crippen molar-refractivity contribution in [2.75, 3.05) is 0 Å². The molecule has 1 atom stereocenters. The van der Waals surface area contributed by atoms with Gasteiger partial charge in [0.15, 0.2) is 5.76 Å². The molecule has 70 valence electrons. The fourth-order valence-electron chi connectivity index (χ4n) is 1.04. The van der Waals surface area contributed by atoms with Crippen LogP contribution in [0, 0.1) is 5.92 Å². The number of carboxylic acids is 1. The fourth-order valence-corrected chi connectivity index (χ4v) is 1.04. The molecule has 0 aliphatic heterocycles. The highest BCUT2D eigenvalue weighted by molar-refractivity contribution is 5.79. The largest absolute Gasteiger partial charge is 0.508 e. The summed E-state index contributed by atoms with van der Waals surface area (Å²) in [4.78, 5) is 10.2. The third kappa shape index (κ3) is 2.66. The number of carbonyl (C=O) groups is 1. The number of hydrogen-bond acceptors (Lipinski definition) is 3. The summed E-state index contributed by atoms with van der Waals surface area (Å²) < 4.78 is 0. The molecular formula is C9H10O4. The molecule has 0 unspecified atom stereocenters. The van der Waals surface area contributed by atoms with Gasteiger partial charge in [0.05, 0.1) is 0 Å². The first-order valence-corrected chi connectivity index (χ1v) is 3.80.